The van der Waals surface area contributed by atoms with Gasteiger partial charge in [0.25, 0.3) is 6.01 Å². The molecule has 0 atom stereocenters. The predicted octanol–water partition coefficient (Wildman–Crippen LogP) is 6.83. The van der Waals surface area contributed by atoms with Crippen molar-refractivity contribution < 1.29 is 19.1 Å². The summed E-state index contributed by atoms with van der Waals surface area (Å²) in [6.45, 7) is -0.193. The van der Waals surface area contributed by atoms with Crippen LogP contribution in [0.2, 0.25) is 10.0 Å². The van der Waals surface area contributed by atoms with Crippen LogP contribution in [0.25, 0.3) is 29.3 Å². The number of pyridine rings is 1. The van der Waals surface area contributed by atoms with E-state index >= 15 is 0 Å². The fourth-order valence-corrected chi connectivity index (χ4v) is 5.23. The summed E-state index contributed by atoms with van der Waals surface area (Å²) in [5.74, 6) is -0.239. The van der Waals surface area contributed by atoms with E-state index < -0.39 is 5.91 Å². The molecule has 0 spiro atoms. The van der Waals surface area contributed by atoms with Gasteiger partial charge in [-0.25, -0.2) is 0 Å². The number of aryl methyl sites for hydroxylation is 1. The van der Waals surface area contributed by atoms with Gasteiger partial charge in [-0.05, 0) is 59.2 Å². The molecular formula is C35H31Cl2N5O4. The largest absolute Gasteiger partial charge is 0.486 e. The van der Waals surface area contributed by atoms with Gasteiger partial charge >= 0.3 is 0 Å². The number of nitrogens with zero attached hydrogens (tertiary/aromatic N) is 4. The number of likely N-dealkylation sites (N-methyl/N-ethyl adjacent to an activating group) is 1. The molecule has 0 radical (unpaired) electrons. The number of nitrogens with one attached hydrogen (secondary N) is 1. The van der Waals surface area contributed by atoms with Crippen LogP contribution in [0, 0.1) is 0 Å². The van der Waals surface area contributed by atoms with Crippen LogP contribution in [-0.4, -0.2) is 47.1 Å². The maximum atomic E-state index is 13.0. The van der Waals surface area contributed by atoms with Crippen molar-refractivity contribution in [1.82, 2.24) is 19.9 Å². The van der Waals surface area contributed by atoms with Crippen molar-refractivity contribution in [2.45, 2.75) is 6.61 Å². The molecule has 1 N–H and O–H groups in total. The number of methoxy groups -OCH3 is 1. The number of hydrogen-bond acceptors (Lipinski definition) is 6. The Morgan fingerprint density at radius 1 is 0.935 bits per heavy atom. The first-order valence-electron chi connectivity index (χ1n) is 14.2. The molecule has 0 unspecified atom stereocenters. The van der Waals surface area contributed by atoms with Crippen molar-refractivity contribution in [3.63, 3.8) is 0 Å². The van der Waals surface area contributed by atoms with E-state index in [1.54, 1.807) is 50.8 Å². The van der Waals surface area contributed by atoms with Gasteiger partial charge in [0.1, 0.15) is 17.9 Å². The molecule has 11 heteroatoms. The van der Waals surface area contributed by atoms with Gasteiger partial charge in [0.05, 0.1) is 29.9 Å². The van der Waals surface area contributed by atoms with Crippen molar-refractivity contribution in [2.75, 3.05) is 25.6 Å². The summed E-state index contributed by atoms with van der Waals surface area (Å²) in [4.78, 5) is 35.3. The number of fused-ring (bicyclic) bond motifs is 1. The van der Waals surface area contributed by atoms with E-state index in [1.807, 2.05) is 72.3 Å². The zero-order valence-corrected chi connectivity index (χ0v) is 26.9. The first-order valence-corrected chi connectivity index (χ1v) is 15.0. The number of anilines is 1. The van der Waals surface area contributed by atoms with Crippen LogP contribution >= 0.6 is 23.2 Å². The molecule has 5 rings (SSSR count). The van der Waals surface area contributed by atoms with E-state index in [-0.39, 0.29) is 24.1 Å². The number of para-hydroxylation sites is 1. The fourth-order valence-electron chi connectivity index (χ4n) is 4.62. The maximum absolute atomic E-state index is 13.0. The van der Waals surface area contributed by atoms with Crippen molar-refractivity contribution in [3.05, 3.63) is 117 Å². The standard InChI is InChI=1S/C35H31Cl2N5O4/c1-41(32(44)21-39-31(43)16-13-24-9-7-23(8-10-24)11-12-25-17-19-38-20-18-25)28-15-14-27(36)26(33(28)37)22-46-30-6-4-5-29-34(30)40-35(45-3)42(29)2/h4-20H,21-22H2,1-3H3,(H,39,43)/b12-11+,16-13+. The molecule has 0 aliphatic heterocycles. The molecular weight excluding hydrogens is 625 g/mol. The summed E-state index contributed by atoms with van der Waals surface area (Å²) in [6.07, 6.45) is 10.6. The first kappa shape index (κ1) is 32.3. The van der Waals surface area contributed by atoms with Crippen LogP contribution in [0.5, 0.6) is 11.8 Å². The van der Waals surface area contributed by atoms with Gasteiger partial charge in [-0.3, -0.25) is 19.1 Å². The minimum atomic E-state index is -0.403. The quantitative estimate of drug-likeness (QED) is 0.157. The Bertz CT molecular complexity index is 1920. The average Bonchev–Trinajstić information content (AvgIpc) is 3.41. The molecule has 0 aliphatic carbocycles. The van der Waals surface area contributed by atoms with E-state index in [0.29, 0.717) is 33.6 Å². The molecule has 46 heavy (non-hydrogen) atoms. The van der Waals surface area contributed by atoms with Crippen LogP contribution in [0.15, 0.2) is 85.2 Å². The molecule has 2 heterocycles. The molecule has 3 aromatic carbocycles. The lowest BCUT2D eigenvalue weighted by Gasteiger charge is -2.21. The molecule has 0 bridgehead atoms. The molecule has 2 aromatic heterocycles. The van der Waals surface area contributed by atoms with Crippen LogP contribution in [-0.2, 0) is 23.2 Å². The highest BCUT2D eigenvalue weighted by Gasteiger charge is 2.20. The molecule has 0 saturated carbocycles. The van der Waals surface area contributed by atoms with Crippen LogP contribution in [0.3, 0.4) is 0 Å². The Morgan fingerprint density at radius 2 is 1.61 bits per heavy atom. The second kappa shape index (κ2) is 14.8. The van der Waals surface area contributed by atoms with Gasteiger partial charge in [-0.15, -0.1) is 0 Å². The van der Waals surface area contributed by atoms with Gasteiger partial charge < -0.3 is 19.7 Å². The number of ether oxygens (including phenoxy) is 2. The monoisotopic (exact) mass is 655 g/mol. The number of hydrogen-bond donors (Lipinski definition) is 1. The van der Waals surface area contributed by atoms with Crippen LogP contribution in [0.1, 0.15) is 22.3 Å². The second-order valence-corrected chi connectivity index (χ2v) is 11.0. The lowest BCUT2D eigenvalue weighted by Crippen LogP contribution is -2.37. The molecule has 2 amide bonds. The summed E-state index contributed by atoms with van der Waals surface area (Å²) in [6, 6.07) is 20.9. The second-order valence-electron chi connectivity index (χ2n) is 10.2. The average molecular weight is 657 g/mol. The number of carbonyl (C=O) groups excluding carboxylic acids is 2. The molecule has 5 aromatic rings. The minimum absolute atomic E-state index is 0.0368. The van der Waals surface area contributed by atoms with Crippen molar-refractivity contribution in [1.29, 1.82) is 0 Å². The fraction of sp³-hybridized carbons (Fsp3) is 0.143. The van der Waals surface area contributed by atoms with Gasteiger partial charge in [0.2, 0.25) is 11.8 Å². The van der Waals surface area contributed by atoms with Gasteiger partial charge in [-0.1, -0.05) is 65.7 Å². The maximum Gasteiger partial charge on any atom is 0.296 e. The Morgan fingerprint density at radius 3 is 2.30 bits per heavy atom. The third kappa shape index (κ3) is 7.56. The smallest absolute Gasteiger partial charge is 0.296 e. The summed E-state index contributed by atoms with van der Waals surface area (Å²) in [7, 11) is 4.98. The summed E-state index contributed by atoms with van der Waals surface area (Å²) in [5.41, 5.74) is 5.33. The number of carbonyl (C=O) groups is 2. The highest BCUT2D eigenvalue weighted by molar-refractivity contribution is 6.38. The number of halogens is 2. The summed E-state index contributed by atoms with van der Waals surface area (Å²) in [5, 5.41) is 3.28. The third-order valence-corrected chi connectivity index (χ3v) is 8.02. The van der Waals surface area contributed by atoms with E-state index in [2.05, 4.69) is 15.3 Å². The lowest BCUT2D eigenvalue weighted by molar-refractivity contribution is -0.122. The van der Waals surface area contributed by atoms with Gasteiger partial charge in [-0.2, -0.15) is 4.98 Å². The van der Waals surface area contributed by atoms with E-state index in [4.69, 9.17) is 32.7 Å². The van der Waals surface area contributed by atoms with E-state index in [1.165, 1.54) is 11.0 Å². The minimum Gasteiger partial charge on any atom is -0.486 e. The van der Waals surface area contributed by atoms with Gasteiger partial charge in [0.15, 0.2) is 0 Å². The Labute approximate surface area is 276 Å². The topological polar surface area (TPSA) is 98.6 Å². The van der Waals surface area contributed by atoms with E-state index in [9.17, 15) is 9.59 Å². The lowest BCUT2D eigenvalue weighted by atomic mass is 10.1. The van der Waals surface area contributed by atoms with Crippen LogP contribution < -0.4 is 19.7 Å². The SMILES string of the molecule is COc1nc2c(OCc3c(Cl)ccc(N(C)C(=O)CNC(=O)/C=C/c4ccc(/C=C/c5ccncc5)cc4)c3Cl)cccc2n1C. The zero-order chi connectivity index (χ0) is 32.6. The van der Waals surface area contributed by atoms with Crippen molar-refractivity contribution in [3.8, 4) is 11.8 Å². The zero-order valence-electron chi connectivity index (χ0n) is 25.4. The predicted molar refractivity (Wildman–Crippen MR) is 183 cm³/mol. The normalized spacial score (nSPS) is 11.3. The Balaban J connectivity index is 1.17. The summed E-state index contributed by atoms with van der Waals surface area (Å²) >= 11 is 13.2. The number of aromatic nitrogens is 3. The number of benzene rings is 3. The van der Waals surface area contributed by atoms with Crippen molar-refractivity contribution >= 4 is 70.0 Å². The van der Waals surface area contributed by atoms with Gasteiger partial charge in [0, 0.05) is 43.2 Å². The number of rotatable bonds is 11. The Hall–Kier alpha value is -5.12. The third-order valence-electron chi connectivity index (χ3n) is 7.24. The first-order chi connectivity index (χ1) is 22.2. The summed E-state index contributed by atoms with van der Waals surface area (Å²) < 4.78 is 13.2. The number of amides is 2. The number of imidazole rings is 1. The van der Waals surface area contributed by atoms with Crippen LogP contribution in [0.4, 0.5) is 5.69 Å². The molecule has 0 fully saturated rings. The molecule has 0 saturated heterocycles. The molecule has 0 aliphatic rings. The van der Waals surface area contributed by atoms with E-state index in [0.717, 1.165) is 22.2 Å². The molecule has 234 valence electrons. The highest BCUT2D eigenvalue weighted by atomic mass is 35.5. The Kier molecular flexibility index (Phi) is 10.4. The van der Waals surface area contributed by atoms with Crippen molar-refractivity contribution in [2.24, 2.45) is 7.05 Å². The molecule has 9 nitrogen and oxygen atoms in total. The highest BCUT2D eigenvalue weighted by Crippen LogP contribution is 2.36.